The second-order valence-electron chi connectivity index (χ2n) is 12.7. The molecular weight excluding hydrogens is 560 g/mol. The third-order valence-corrected chi connectivity index (χ3v) is 10.4. The number of anilines is 1. The van der Waals surface area contributed by atoms with E-state index in [0.717, 1.165) is 93.8 Å². The summed E-state index contributed by atoms with van der Waals surface area (Å²) in [5, 5.41) is 22.8. The van der Waals surface area contributed by atoms with Gasteiger partial charge in [-0.25, -0.2) is 0 Å². The number of piperazine rings is 1. The zero-order valence-electron chi connectivity index (χ0n) is 25.3. The van der Waals surface area contributed by atoms with Gasteiger partial charge in [-0.05, 0) is 81.6 Å². The lowest BCUT2D eigenvalue weighted by Crippen LogP contribution is -2.61. The first-order valence-corrected chi connectivity index (χ1v) is 16.4. The van der Waals surface area contributed by atoms with Crippen LogP contribution in [0.5, 0.6) is 11.8 Å². The molecule has 0 saturated carbocycles. The van der Waals surface area contributed by atoms with Gasteiger partial charge < -0.3 is 19.8 Å². The normalized spacial score (nSPS) is 16.7. The largest absolute Gasteiger partial charge is 0.494 e. The standard InChI is InChI=1S/C34H42N4O4S/c1-34(2,25-12-4-3-5-13-25)33(41)42-24-38(21-11-10-18-37-31(39)26-14-6-7-15-27(26)32(37)40)22-19-36(20-23-38)30-28-16-8-9-17-29(28)43-35-30/h3-5,8-9,12-13,16-17H,6-7,10-11,14-15,18-24H2,1-2H3,(H-,39,40)/p+1. The van der Waals surface area contributed by atoms with Crippen LogP contribution in [0.3, 0.4) is 0 Å². The highest BCUT2D eigenvalue weighted by Gasteiger charge is 2.38. The zero-order valence-corrected chi connectivity index (χ0v) is 26.1. The van der Waals surface area contributed by atoms with Crippen LogP contribution in [0.4, 0.5) is 5.82 Å². The maximum atomic E-state index is 13.4. The lowest BCUT2D eigenvalue weighted by molar-refractivity contribution is -0.944. The third kappa shape index (κ3) is 5.85. The molecule has 1 aliphatic heterocycles. The topological polar surface area (TPSA) is 87.8 Å². The van der Waals surface area contributed by atoms with Crippen molar-refractivity contribution in [3.8, 4) is 11.8 Å². The number of fused-ring (bicyclic) bond motifs is 2. The summed E-state index contributed by atoms with van der Waals surface area (Å²) in [6, 6.07) is 18.2. The molecule has 8 nitrogen and oxygen atoms in total. The molecule has 1 aliphatic carbocycles. The molecule has 228 valence electrons. The van der Waals surface area contributed by atoms with E-state index in [4.69, 9.17) is 9.11 Å². The van der Waals surface area contributed by atoms with Crippen LogP contribution in [0.25, 0.3) is 10.1 Å². The summed E-state index contributed by atoms with van der Waals surface area (Å²) in [5.74, 6) is 1.30. The molecule has 0 radical (unpaired) electrons. The van der Waals surface area contributed by atoms with E-state index < -0.39 is 5.41 Å². The van der Waals surface area contributed by atoms with Crippen LogP contribution in [-0.2, 0) is 34.3 Å². The van der Waals surface area contributed by atoms with Crippen LogP contribution in [0.15, 0.2) is 54.6 Å². The molecule has 6 rings (SSSR count). The van der Waals surface area contributed by atoms with Gasteiger partial charge in [0.25, 0.3) is 0 Å². The third-order valence-electron chi connectivity index (χ3n) is 9.60. The molecule has 43 heavy (non-hydrogen) atoms. The number of hydrogen-bond acceptors (Lipinski definition) is 7. The molecule has 2 aliphatic rings. The van der Waals surface area contributed by atoms with Gasteiger partial charge in [0.05, 0.1) is 42.8 Å². The summed E-state index contributed by atoms with van der Waals surface area (Å²) in [5.41, 5.74) is 2.05. The van der Waals surface area contributed by atoms with Crippen LogP contribution in [0.2, 0.25) is 0 Å². The fourth-order valence-corrected chi connectivity index (χ4v) is 7.52. The summed E-state index contributed by atoms with van der Waals surface area (Å²) < 4.78 is 14.5. The van der Waals surface area contributed by atoms with Gasteiger partial charge in [0.1, 0.15) is 0 Å². The van der Waals surface area contributed by atoms with Gasteiger partial charge in [-0.15, -0.1) is 0 Å². The Morgan fingerprint density at radius 3 is 2.30 bits per heavy atom. The Balaban J connectivity index is 1.14. The highest BCUT2D eigenvalue weighted by atomic mass is 32.1. The number of quaternary nitrogens is 1. The zero-order chi connectivity index (χ0) is 30.0. The highest BCUT2D eigenvalue weighted by molar-refractivity contribution is 7.13. The second-order valence-corrected chi connectivity index (χ2v) is 13.5. The molecule has 0 spiro atoms. The van der Waals surface area contributed by atoms with E-state index in [0.29, 0.717) is 17.8 Å². The molecule has 0 bridgehead atoms. The number of hydrogen-bond donors (Lipinski definition) is 2. The van der Waals surface area contributed by atoms with Gasteiger partial charge in [0, 0.05) is 23.1 Å². The molecule has 3 heterocycles. The molecule has 9 heteroatoms. The average Bonchev–Trinajstić information content (AvgIpc) is 3.58. The van der Waals surface area contributed by atoms with Gasteiger partial charge in [0.15, 0.2) is 17.6 Å². The lowest BCUT2D eigenvalue weighted by atomic mass is 9.85. The number of carbonyl (C=O) groups is 1. The summed E-state index contributed by atoms with van der Waals surface area (Å²) >= 11 is 1.54. The van der Waals surface area contributed by atoms with Crippen molar-refractivity contribution in [1.82, 2.24) is 8.94 Å². The number of nitrogens with zero attached hydrogens (tertiary/aromatic N) is 4. The van der Waals surface area contributed by atoms with E-state index in [1.807, 2.05) is 44.2 Å². The minimum atomic E-state index is -0.741. The second kappa shape index (κ2) is 12.2. The van der Waals surface area contributed by atoms with E-state index in [1.54, 1.807) is 4.57 Å². The van der Waals surface area contributed by atoms with Gasteiger partial charge in [-0.2, -0.15) is 4.37 Å². The van der Waals surface area contributed by atoms with E-state index in [2.05, 4.69) is 29.2 Å². The van der Waals surface area contributed by atoms with E-state index in [1.165, 1.54) is 21.6 Å². The van der Waals surface area contributed by atoms with Crippen molar-refractivity contribution in [2.75, 3.05) is 44.4 Å². The van der Waals surface area contributed by atoms with Gasteiger partial charge in [-0.3, -0.25) is 13.8 Å². The Hall–Kier alpha value is -3.56. The van der Waals surface area contributed by atoms with Crippen LogP contribution in [0.1, 0.15) is 56.2 Å². The van der Waals surface area contributed by atoms with E-state index >= 15 is 0 Å². The predicted molar refractivity (Wildman–Crippen MR) is 171 cm³/mol. The number of aromatic hydroxyl groups is 2. The van der Waals surface area contributed by atoms with Crippen molar-refractivity contribution in [3.63, 3.8) is 0 Å². The van der Waals surface area contributed by atoms with E-state index in [-0.39, 0.29) is 17.7 Å². The maximum Gasteiger partial charge on any atom is 0.320 e. The number of ether oxygens (including phenoxy) is 1. The number of rotatable bonds is 10. The lowest BCUT2D eigenvalue weighted by Gasteiger charge is -2.44. The Labute approximate surface area is 257 Å². The number of unbranched alkanes of at least 4 members (excludes halogenated alkanes) is 1. The summed E-state index contributed by atoms with van der Waals surface area (Å²) in [4.78, 5) is 15.8. The van der Waals surface area contributed by atoms with Gasteiger partial charge in [-0.1, -0.05) is 42.5 Å². The van der Waals surface area contributed by atoms with Crippen molar-refractivity contribution in [2.24, 2.45) is 0 Å². The quantitative estimate of drug-likeness (QED) is 0.132. The van der Waals surface area contributed by atoms with Crippen LogP contribution >= 0.6 is 11.5 Å². The summed E-state index contributed by atoms with van der Waals surface area (Å²) in [7, 11) is 0. The molecule has 4 aromatic rings. The molecule has 2 aromatic heterocycles. The van der Waals surface area contributed by atoms with Crippen LogP contribution in [-0.4, -0.2) is 69.1 Å². The van der Waals surface area contributed by atoms with E-state index in [9.17, 15) is 15.0 Å². The molecule has 0 atom stereocenters. The van der Waals surface area contributed by atoms with Crippen molar-refractivity contribution in [3.05, 3.63) is 71.3 Å². The molecular formula is C34H43N4O4S+. The van der Waals surface area contributed by atoms with Gasteiger partial charge in [0.2, 0.25) is 6.73 Å². The van der Waals surface area contributed by atoms with Crippen LogP contribution < -0.4 is 4.90 Å². The molecule has 0 amide bonds. The maximum absolute atomic E-state index is 13.4. The van der Waals surface area contributed by atoms with Crippen molar-refractivity contribution in [2.45, 2.75) is 64.3 Å². The summed E-state index contributed by atoms with van der Waals surface area (Å²) in [6.45, 7) is 8.97. The molecule has 1 fully saturated rings. The van der Waals surface area contributed by atoms with Crippen molar-refractivity contribution >= 4 is 33.4 Å². The Kier molecular flexibility index (Phi) is 8.38. The van der Waals surface area contributed by atoms with Crippen molar-refractivity contribution in [1.29, 1.82) is 0 Å². The first kappa shape index (κ1) is 29.5. The molecule has 2 N–H and O–H groups in total. The molecule has 2 aromatic carbocycles. The monoisotopic (exact) mass is 603 g/mol. The smallest absolute Gasteiger partial charge is 0.320 e. The molecule has 1 saturated heterocycles. The van der Waals surface area contributed by atoms with Crippen molar-refractivity contribution < 1.29 is 24.2 Å². The van der Waals surface area contributed by atoms with Gasteiger partial charge >= 0.3 is 5.97 Å². The molecule has 0 unspecified atom stereocenters. The number of carbonyl (C=O) groups excluding carboxylic acids is 1. The number of aromatic nitrogens is 2. The van der Waals surface area contributed by atoms with Crippen LogP contribution in [0, 0.1) is 0 Å². The SMILES string of the molecule is CC(C)(C(=O)OC[N+]1(CCCCn2c(O)c3c(c2O)CCCC3)CCN(c2nsc3ccccc23)CC1)c1ccccc1. The summed E-state index contributed by atoms with van der Waals surface area (Å²) in [6.07, 6.45) is 5.48. The first-order chi connectivity index (χ1) is 20.8. The number of esters is 1. The minimum Gasteiger partial charge on any atom is -0.494 e. The fourth-order valence-electron chi connectivity index (χ4n) is 6.72. The average molecular weight is 604 g/mol. The first-order valence-electron chi connectivity index (χ1n) is 15.6. The number of benzene rings is 2. The predicted octanol–water partition coefficient (Wildman–Crippen LogP) is 5.98. The Morgan fingerprint density at radius 1 is 0.953 bits per heavy atom. The minimum absolute atomic E-state index is 0.211. The Bertz CT molecular complexity index is 1540. The Morgan fingerprint density at radius 2 is 1.60 bits per heavy atom. The highest BCUT2D eigenvalue weighted by Crippen LogP contribution is 2.39. The fraction of sp³-hybridized carbons (Fsp3) is 0.471.